The fourth-order valence-electron chi connectivity index (χ4n) is 4.49. The fraction of sp³-hybridized carbons (Fsp3) is 0.478. The summed E-state index contributed by atoms with van der Waals surface area (Å²) >= 11 is 1.20. The lowest BCUT2D eigenvalue weighted by molar-refractivity contribution is -0.136. The lowest BCUT2D eigenvalue weighted by atomic mass is 9.98. The average Bonchev–Trinajstić information content (AvgIpc) is 3.29. The quantitative estimate of drug-likeness (QED) is 0.642. The van der Waals surface area contributed by atoms with E-state index in [9.17, 15) is 18.0 Å². The molecule has 0 radical (unpaired) electrons. The third-order valence-corrected chi connectivity index (χ3v) is 9.49. The molecule has 2 fully saturated rings. The number of amides is 2. The van der Waals surface area contributed by atoms with E-state index in [2.05, 4.69) is 0 Å². The normalized spacial score (nSPS) is 20.3. The summed E-state index contributed by atoms with van der Waals surface area (Å²) in [5.74, 6) is 0.0548. The molecule has 1 atom stereocenters. The standard InChI is InChI=1S/C23H29N3O5S2/c1-31-20-9-3-2-8-19(20)23(28)25-12-6-11-24(14-15-25)22(27)18-7-4-13-26(17-18)33(29,30)21-10-5-16-32-21/h2-3,5,8-10,16,18H,4,6-7,11-15,17H2,1H3. The molecular formula is C23H29N3O5S2. The van der Waals surface area contributed by atoms with Gasteiger partial charge in [-0.3, -0.25) is 9.59 Å². The Hall–Kier alpha value is -2.43. The van der Waals surface area contributed by atoms with Crippen LogP contribution in [0.4, 0.5) is 0 Å². The first kappa shape index (κ1) is 23.7. The number of piperidine rings is 1. The van der Waals surface area contributed by atoms with Gasteiger partial charge in [-0.25, -0.2) is 8.42 Å². The Morgan fingerprint density at radius 3 is 2.48 bits per heavy atom. The predicted molar refractivity (Wildman–Crippen MR) is 126 cm³/mol. The Balaban J connectivity index is 1.40. The van der Waals surface area contributed by atoms with Gasteiger partial charge in [-0.2, -0.15) is 4.31 Å². The van der Waals surface area contributed by atoms with Crippen molar-refractivity contribution in [1.82, 2.24) is 14.1 Å². The van der Waals surface area contributed by atoms with Crippen LogP contribution in [0.25, 0.3) is 0 Å². The first-order valence-corrected chi connectivity index (χ1v) is 13.5. The largest absolute Gasteiger partial charge is 0.496 e. The van der Waals surface area contributed by atoms with Crippen molar-refractivity contribution in [2.45, 2.75) is 23.5 Å². The second kappa shape index (κ2) is 10.2. The average molecular weight is 492 g/mol. The number of carbonyl (C=O) groups is 2. The highest BCUT2D eigenvalue weighted by Gasteiger charge is 2.36. The SMILES string of the molecule is COc1ccccc1C(=O)N1CCCN(C(=O)C2CCCN(S(=O)(=O)c3cccs3)C2)CC1. The van der Waals surface area contributed by atoms with Crippen LogP contribution < -0.4 is 4.74 Å². The van der Waals surface area contributed by atoms with Gasteiger partial charge in [0.15, 0.2) is 0 Å². The number of ether oxygens (including phenoxy) is 1. The minimum absolute atomic E-state index is 0.0207. The van der Waals surface area contributed by atoms with E-state index in [4.69, 9.17) is 4.74 Å². The van der Waals surface area contributed by atoms with Gasteiger partial charge in [0.2, 0.25) is 5.91 Å². The second-order valence-corrected chi connectivity index (χ2v) is 11.4. The second-order valence-electron chi connectivity index (χ2n) is 8.31. The summed E-state index contributed by atoms with van der Waals surface area (Å²) in [4.78, 5) is 29.9. The maximum Gasteiger partial charge on any atom is 0.257 e. The topological polar surface area (TPSA) is 87.2 Å². The van der Waals surface area contributed by atoms with Gasteiger partial charge in [-0.1, -0.05) is 18.2 Å². The molecule has 2 aliphatic heterocycles. The number of hydrogen-bond acceptors (Lipinski definition) is 6. The van der Waals surface area contributed by atoms with Crippen LogP contribution in [0.2, 0.25) is 0 Å². The summed E-state index contributed by atoms with van der Waals surface area (Å²) in [6, 6.07) is 10.5. The van der Waals surface area contributed by atoms with Crippen LogP contribution in [0, 0.1) is 5.92 Å². The third kappa shape index (κ3) is 5.07. The van der Waals surface area contributed by atoms with E-state index in [0.29, 0.717) is 67.5 Å². The molecular weight excluding hydrogens is 462 g/mol. The smallest absolute Gasteiger partial charge is 0.257 e. The molecule has 0 aliphatic carbocycles. The van der Waals surface area contributed by atoms with Gasteiger partial charge >= 0.3 is 0 Å². The van der Waals surface area contributed by atoms with Crippen LogP contribution >= 0.6 is 11.3 Å². The monoisotopic (exact) mass is 491 g/mol. The van der Waals surface area contributed by atoms with E-state index in [1.807, 2.05) is 12.1 Å². The van der Waals surface area contributed by atoms with Gasteiger partial charge in [0.1, 0.15) is 9.96 Å². The van der Waals surface area contributed by atoms with Crippen LogP contribution in [0.1, 0.15) is 29.6 Å². The van der Waals surface area contributed by atoms with Crippen LogP contribution in [-0.2, 0) is 14.8 Å². The number of hydrogen-bond donors (Lipinski definition) is 0. The third-order valence-electron chi connectivity index (χ3n) is 6.25. The summed E-state index contributed by atoms with van der Waals surface area (Å²) < 4.78 is 32.9. The molecule has 0 N–H and O–H groups in total. The van der Waals surface area contributed by atoms with Crippen molar-refractivity contribution in [2.75, 3.05) is 46.4 Å². The van der Waals surface area contributed by atoms with Gasteiger partial charge in [0.05, 0.1) is 18.6 Å². The highest BCUT2D eigenvalue weighted by molar-refractivity contribution is 7.91. The molecule has 8 nitrogen and oxygen atoms in total. The molecule has 3 heterocycles. The molecule has 1 aromatic heterocycles. The number of methoxy groups -OCH3 is 1. The molecule has 2 amide bonds. The van der Waals surface area contributed by atoms with E-state index in [1.54, 1.807) is 46.6 Å². The molecule has 4 rings (SSSR count). The zero-order valence-electron chi connectivity index (χ0n) is 18.7. The first-order valence-electron chi connectivity index (χ1n) is 11.2. The van der Waals surface area contributed by atoms with Crippen molar-refractivity contribution in [3.8, 4) is 5.75 Å². The van der Waals surface area contributed by atoms with Gasteiger partial charge in [-0.05, 0) is 42.8 Å². The zero-order chi connectivity index (χ0) is 23.4. The number of sulfonamides is 1. The van der Waals surface area contributed by atoms with Gasteiger partial charge in [-0.15, -0.1) is 11.3 Å². The molecule has 2 saturated heterocycles. The number of rotatable bonds is 5. The lowest BCUT2D eigenvalue weighted by Gasteiger charge is -2.33. The minimum Gasteiger partial charge on any atom is -0.496 e. The van der Waals surface area contributed by atoms with Gasteiger partial charge in [0, 0.05) is 39.3 Å². The number of carbonyl (C=O) groups excluding carboxylic acids is 2. The molecule has 178 valence electrons. The van der Waals surface area contributed by atoms with E-state index < -0.39 is 10.0 Å². The van der Waals surface area contributed by atoms with Crippen molar-refractivity contribution in [1.29, 1.82) is 0 Å². The van der Waals surface area contributed by atoms with Crippen molar-refractivity contribution in [3.05, 3.63) is 47.3 Å². The van der Waals surface area contributed by atoms with E-state index in [0.717, 1.165) is 0 Å². The molecule has 0 spiro atoms. The van der Waals surface area contributed by atoms with Crippen molar-refractivity contribution in [2.24, 2.45) is 5.92 Å². The minimum atomic E-state index is -3.56. The summed E-state index contributed by atoms with van der Waals surface area (Å²) in [5, 5.41) is 1.74. The van der Waals surface area contributed by atoms with Crippen molar-refractivity contribution < 1.29 is 22.7 Å². The molecule has 2 aliphatic rings. The van der Waals surface area contributed by atoms with Crippen LogP contribution in [0.15, 0.2) is 46.0 Å². The van der Waals surface area contributed by atoms with Crippen LogP contribution in [0.3, 0.4) is 0 Å². The Morgan fingerprint density at radius 1 is 0.970 bits per heavy atom. The van der Waals surface area contributed by atoms with Crippen molar-refractivity contribution >= 4 is 33.2 Å². The Labute approximate surface area is 198 Å². The highest BCUT2D eigenvalue weighted by Crippen LogP contribution is 2.28. The zero-order valence-corrected chi connectivity index (χ0v) is 20.3. The maximum absolute atomic E-state index is 13.3. The number of para-hydroxylation sites is 1. The van der Waals surface area contributed by atoms with Crippen LogP contribution in [-0.4, -0.2) is 80.7 Å². The Kier molecular flexibility index (Phi) is 7.35. The predicted octanol–water partition coefficient (Wildman–Crippen LogP) is 2.53. The Bertz CT molecular complexity index is 1090. The summed E-state index contributed by atoms with van der Waals surface area (Å²) in [6.45, 7) is 2.64. The summed E-state index contributed by atoms with van der Waals surface area (Å²) in [5.41, 5.74) is 0.515. The maximum atomic E-state index is 13.3. The van der Waals surface area contributed by atoms with Gasteiger partial charge < -0.3 is 14.5 Å². The summed E-state index contributed by atoms with van der Waals surface area (Å²) in [6.07, 6.45) is 2.01. The van der Waals surface area contributed by atoms with Gasteiger partial charge in [0.25, 0.3) is 15.9 Å². The molecule has 0 bridgehead atoms. The number of nitrogens with zero attached hydrogens (tertiary/aromatic N) is 3. The highest BCUT2D eigenvalue weighted by atomic mass is 32.2. The van der Waals surface area contributed by atoms with E-state index in [-0.39, 0.29) is 24.3 Å². The number of benzene rings is 1. The van der Waals surface area contributed by atoms with Crippen molar-refractivity contribution in [3.63, 3.8) is 0 Å². The summed E-state index contributed by atoms with van der Waals surface area (Å²) in [7, 11) is -2.02. The molecule has 10 heteroatoms. The number of thiophene rings is 1. The Morgan fingerprint density at radius 2 is 1.73 bits per heavy atom. The lowest BCUT2D eigenvalue weighted by Crippen LogP contribution is -2.47. The molecule has 33 heavy (non-hydrogen) atoms. The molecule has 1 aromatic carbocycles. The first-order chi connectivity index (χ1) is 15.9. The molecule has 0 saturated carbocycles. The van der Waals surface area contributed by atoms with E-state index in [1.165, 1.54) is 15.6 Å². The fourth-order valence-corrected chi connectivity index (χ4v) is 7.16. The molecule has 1 unspecified atom stereocenters. The van der Waals surface area contributed by atoms with Crippen LogP contribution in [0.5, 0.6) is 5.75 Å². The van der Waals surface area contributed by atoms with E-state index >= 15 is 0 Å². The molecule has 2 aromatic rings.